The number of hydrogen-bond donors (Lipinski definition) is 1. The van der Waals surface area contributed by atoms with Crippen LogP contribution < -0.4 is 5.32 Å². The van der Waals surface area contributed by atoms with Crippen molar-refractivity contribution in [3.8, 4) is 0 Å². The lowest BCUT2D eigenvalue weighted by Gasteiger charge is -2.20. The number of alkyl halides is 3. The van der Waals surface area contributed by atoms with Crippen molar-refractivity contribution in [2.45, 2.75) is 25.2 Å². The van der Waals surface area contributed by atoms with Crippen LogP contribution in [0.4, 0.5) is 13.2 Å². The quantitative estimate of drug-likeness (QED) is 0.908. The highest BCUT2D eigenvalue weighted by atomic mass is 19.4. The van der Waals surface area contributed by atoms with E-state index in [0.29, 0.717) is 5.56 Å². The predicted octanol–water partition coefficient (Wildman–Crippen LogP) is 2.63. The minimum atomic E-state index is -4.48. The first-order valence-corrected chi connectivity index (χ1v) is 7.98. The molecule has 0 unspecified atom stereocenters. The monoisotopic (exact) mass is 363 g/mol. The summed E-state index contributed by atoms with van der Waals surface area (Å²) in [7, 11) is 0. The molecular weight excluding hydrogens is 347 g/mol. The fourth-order valence-corrected chi connectivity index (χ4v) is 2.93. The number of halogens is 3. The third-order valence-electron chi connectivity index (χ3n) is 4.16. The summed E-state index contributed by atoms with van der Waals surface area (Å²) in [5.41, 5.74) is -0.357. The lowest BCUT2D eigenvalue weighted by atomic mass is 10.1. The molecule has 1 saturated heterocycles. The van der Waals surface area contributed by atoms with Gasteiger partial charge < -0.3 is 10.2 Å². The van der Waals surface area contributed by atoms with Gasteiger partial charge in [0.15, 0.2) is 0 Å². The van der Waals surface area contributed by atoms with Gasteiger partial charge in [0.2, 0.25) is 5.91 Å². The third-order valence-corrected chi connectivity index (χ3v) is 4.16. The minimum absolute atomic E-state index is 0.0348. The molecule has 8 heteroatoms. The molecule has 136 valence electrons. The number of carbonyl (C=O) groups excluding carboxylic acids is 2. The largest absolute Gasteiger partial charge is 0.416 e. The van der Waals surface area contributed by atoms with Crippen molar-refractivity contribution < 1.29 is 22.8 Å². The molecule has 2 aromatic rings. The molecule has 26 heavy (non-hydrogen) atoms. The zero-order chi connectivity index (χ0) is 18.7. The number of hydrogen-bond acceptors (Lipinski definition) is 3. The molecule has 0 aliphatic carbocycles. The van der Waals surface area contributed by atoms with Crippen molar-refractivity contribution in [3.63, 3.8) is 0 Å². The molecule has 0 saturated carbocycles. The summed E-state index contributed by atoms with van der Waals surface area (Å²) in [5.74, 6) is -0.660. The Bertz CT molecular complexity index is 809. The Morgan fingerprint density at radius 2 is 2.00 bits per heavy atom. The molecule has 1 aromatic carbocycles. The topological polar surface area (TPSA) is 62.3 Å². The number of likely N-dealkylation sites (tertiary alicyclic amines) is 1. The molecule has 1 atom stereocenters. The minimum Gasteiger partial charge on any atom is -0.347 e. The van der Waals surface area contributed by atoms with Crippen molar-refractivity contribution >= 4 is 11.8 Å². The first-order chi connectivity index (χ1) is 12.3. The Labute approximate surface area is 147 Å². The molecule has 1 aliphatic heterocycles. The highest BCUT2D eigenvalue weighted by Gasteiger charge is 2.36. The second-order valence-electron chi connectivity index (χ2n) is 6.05. The Kier molecular flexibility index (Phi) is 4.92. The highest BCUT2D eigenvalue weighted by molar-refractivity contribution is 5.94. The number of amides is 2. The van der Waals surface area contributed by atoms with Crippen LogP contribution in [0, 0.1) is 0 Å². The Hall–Kier alpha value is -2.90. The Morgan fingerprint density at radius 1 is 1.23 bits per heavy atom. The molecule has 1 aromatic heterocycles. The molecule has 1 fully saturated rings. The normalized spacial score (nSPS) is 17.4. The number of benzene rings is 1. The lowest BCUT2D eigenvalue weighted by molar-refractivity contribution is -0.139. The van der Waals surface area contributed by atoms with Crippen LogP contribution in [0.25, 0.3) is 0 Å². The van der Waals surface area contributed by atoms with Crippen LogP contribution in [0.15, 0.2) is 48.8 Å². The summed E-state index contributed by atoms with van der Waals surface area (Å²) in [6.45, 7) is 0.0187. The molecule has 0 spiro atoms. The first-order valence-electron chi connectivity index (χ1n) is 7.98. The molecule has 0 radical (unpaired) electrons. The maximum Gasteiger partial charge on any atom is 0.416 e. The average molecular weight is 363 g/mol. The van der Waals surface area contributed by atoms with E-state index in [0.717, 1.165) is 6.07 Å². The Balaban J connectivity index is 1.67. The van der Waals surface area contributed by atoms with Crippen molar-refractivity contribution in [3.05, 3.63) is 65.5 Å². The zero-order valence-corrected chi connectivity index (χ0v) is 13.7. The number of carbonyl (C=O) groups is 2. The van der Waals surface area contributed by atoms with Gasteiger partial charge in [0.1, 0.15) is 0 Å². The van der Waals surface area contributed by atoms with Crippen molar-refractivity contribution in [2.24, 2.45) is 0 Å². The zero-order valence-electron chi connectivity index (χ0n) is 13.7. The second-order valence-corrected chi connectivity index (χ2v) is 6.05. The predicted molar refractivity (Wildman–Crippen MR) is 87.0 cm³/mol. The smallest absolute Gasteiger partial charge is 0.347 e. The Morgan fingerprint density at radius 3 is 2.69 bits per heavy atom. The summed E-state index contributed by atoms with van der Waals surface area (Å²) >= 11 is 0. The van der Waals surface area contributed by atoms with Crippen LogP contribution in [0.5, 0.6) is 0 Å². The van der Waals surface area contributed by atoms with E-state index in [2.05, 4.69) is 10.3 Å². The molecule has 2 heterocycles. The van der Waals surface area contributed by atoms with Crippen molar-refractivity contribution in [2.75, 3.05) is 6.54 Å². The molecule has 5 nitrogen and oxygen atoms in total. The molecule has 1 N–H and O–H groups in total. The third kappa shape index (κ3) is 4.01. The van der Waals surface area contributed by atoms with Gasteiger partial charge in [0.05, 0.1) is 17.2 Å². The van der Waals surface area contributed by atoms with E-state index < -0.39 is 17.8 Å². The summed E-state index contributed by atoms with van der Waals surface area (Å²) < 4.78 is 39.3. The van der Waals surface area contributed by atoms with E-state index in [1.807, 2.05) is 0 Å². The van der Waals surface area contributed by atoms with Gasteiger partial charge in [-0.3, -0.25) is 14.6 Å². The maximum atomic E-state index is 13.1. The van der Waals surface area contributed by atoms with Crippen LogP contribution in [-0.4, -0.2) is 34.3 Å². The second kappa shape index (κ2) is 7.15. The summed E-state index contributed by atoms with van der Waals surface area (Å²) in [4.78, 5) is 29.5. The van der Waals surface area contributed by atoms with Crippen molar-refractivity contribution in [1.82, 2.24) is 15.2 Å². The van der Waals surface area contributed by atoms with Gasteiger partial charge in [-0.15, -0.1) is 0 Å². The average Bonchev–Trinajstić information content (AvgIpc) is 2.94. The van der Waals surface area contributed by atoms with Crippen LogP contribution in [-0.2, 0) is 17.5 Å². The van der Waals surface area contributed by atoms with Gasteiger partial charge in [-0.05, 0) is 23.8 Å². The van der Waals surface area contributed by atoms with E-state index in [1.54, 1.807) is 12.1 Å². The number of rotatable bonds is 4. The van der Waals surface area contributed by atoms with Gasteiger partial charge in [0.25, 0.3) is 5.91 Å². The number of nitrogens with one attached hydrogen (secondary N) is 1. The van der Waals surface area contributed by atoms with Gasteiger partial charge in [0, 0.05) is 31.9 Å². The van der Waals surface area contributed by atoms with E-state index in [-0.39, 0.29) is 36.9 Å². The molecule has 0 bridgehead atoms. The summed E-state index contributed by atoms with van der Waals surface area (Å²) in [6.07, 6.45) is -1.48. The standard InChI is InChI=1S/C18H16F3N3O2/c19-18(20,21)15-6-2-1-4-13(15)10-24-11-14(8-16(24)25)23-17(26)12-5-3-7-22-9-12/h1-7,9,14H,8,10-11H2,(H,23,26)/t14-/m0/s1. The van der Waals surface area contributed by atoms with Crippen LogP contribution in [0.1, 0.15) is 27.9 Å². The lowest BCUT2D eigenvalue weighted by Crippen LogP contribution is -2.37. The molecule has 2 amide bonds. The summed E-state index contributed by atoms with van der Waals surface area (Å²) in [6, 6.07) is 7.94. The van der Waals surface area contributed by atoms with Gasteiger partial charge in [-0.1, -0.05) is 18.2 Å². The molecule has 3 rings (SSSR count). The SMILES string of the molecule is O=C(N[C@H]1CC(=O)N(Cc2ccccc2C(F)(F)F)C1)c1cccnc1. The van der Waals surface area contributed by atoms with Crippen molar-refractivity contribution in [1.29, 1.82) is 0 Å². The molecule has 1 aliphatic rings. The van der Waals surface area contributed by atoms with Crippen LogP contribution in [0.2, 0.25) is 0 Å². The highest BCUT2D eigenvalue weighted by Crippen LogP contribution is 2.32. The number of aromatic nitrogens is 1. The van der Waals surface area contributed by atoms with E-state index in [1.165, 1.54) is 35.5 Å². The fourth-order valence-electron chi connectivity index (χ4n) is 2.93. The van der Waals surface area contributed by atoms with Gasteiger partial charge in [-0.25, -0.2) is 0 Å². The van der Waals surface area contributed by atoms with Gasteiger partial charge in [-0.2, -0.15) is 13.2 Å². The van der Waals surface area contributed by atoms with E-state index >= 15 is 0 Å². The van der Waals surface area contributed by atoms with Crippen LogP contribution >= 0.6 is 0 Å². The fraction of sp³-hybridized carbons (Fsp3) is 0.278. The van der Waals surface area contributed by atoms with Gasteiger partial charge >= 0.3 is 6.18 Å². The number of nitrogens with zero attached hydrogens (tertiary/aromatic N) is 2. The molecular formula is C18H16F3N3O2. The van der Waals surface area contributed by atoms with E-state index in [4.69, 9.17) is 0 Å². The maximum absolute atomic E-state index is 13.1. The first kappa shape index (κ1) is 17.9. The van der Waals surface area contributed by atoms with E-state index in [9.17, 15) is 22.8 Å². The number of pyridine rings is 1. The summed E-state index contributed by atoms with van der Waals surface area (Å²) in [5, 5.41) is 2.72. The van der Waals surface area contributed by atoms with Crippen LogP contribution in [0.3, 0.4) is 0 Å².